The summed E-state index contributed by atoms with van der Waals surface area (Å²) >= 11 is 3.25. The summed E-state index contributed by atoms with van der Waals surface area (Å²) in [5, 5.41) is 10.6. The van der Waals surface area contributed by atoms with Gasteiger partial charge in [0.1, 0.15) is 11.4 Å². The molecule has 0 radical (unpaired) electrons. The highest BCUT2D eigenvalue weighted by Crippen LogP contribution is 2.38. The normalized spacial score (nSPS) is 14.8. The molecule has 1 N–H and O–H groups in total. The van der Waals surface area contributed by atoms with E-state index in [9.17, 15) is 22.7 Å². The Morgan fingerprint density at radius 1 is 1.00 bits per heavy atom. The van der Waals surface area contributed by atoms with E-state index in [1.165, 1.54) is 6.92 Å². The predicted molar refractivity (Wildman–Crippen MR) is 74.2 cm³/mol. The largest absolute Gasteiger partial charge is 0.419 e. The van der Waals surface area contributed by atoms with Crippen molar-refractivity contribution >= 4 is 15.9 Å². The molecule has 0 fully saturated rings. The van der Waals surface area contributed by atoms with Gasteiger partial charge in [-0.1, -0.05) is 40.2 Å². The number of rotatable bonds is 2. The molecule has 0 bridgehead atoms. The van der Waals surface area contributed by atoms with E-state index in [2.05, 4.69) is 15.9 Å². The number of hydrogen-bond acceptors (Lipinski definition) is 1. The summed E-state index contributed by atoms with van der Waals surface area (Å²) in [6.45, 7) is 1.36. The summed E-state index contributed by atoms with van der Waals surface area (Å²) in [6, 6.07) is 9.11. The second kappa shape index (κ2) is 5.42. The minimum Gasteiger partial charge on any atom is -0.381 e. The Balaban J connectivity index is 2.59. The molecule has 0 heterocycles. The SMILES string of the molecule is CC(O)(c1ccc(F)c(C(F)(F)F)c1)c1ccccc1Br. The van der Waals surface area contributed by atoms with Crippen LogP contribution in [0.15, 0.2) is 46.9 Å². The molecule has 0 saturated carbocycles. The maximum atomic E-state index is 13.3. The zero-order valence-corrected chi connectivity index (χ0v) is 12.5. The van der Waals surface area contributed by atoms with Crippen LogP contribution >= 0.6 is 15.9 Å². The monoisotopic (exact) mass is 362 g/mol. The van der Waals surface area contributed by atoms with Crippen molar-refractivity contribution in [2.75, 3.05) is 0 Å². The van der Waals surface area contributed by atoms with Crippen LogP contribution in [0.4, 0.5) is 17.6 Å². The van der Waals surface area contributed by atoms with Crippen molar-refractivity contribution in [2.45, 2.75) is 18.7 Å². The molecule has 21 heavy (non-hydrogen) atoms. The van der Waals surface area contributed by atoms with Gasteiger partial charge in [0.15, 0.2) is 0 Å². The summed E-state index contributed by atoms with van der Waals surface area (Å²) in [5.41, 5.74) is -2.73. The minimum absolute atomic E-state index is 0.0388. The molecule has 0 amide bonds. The molecule has 0 aliphatic rings. The third kappa shape index (κ3) is 3.11. The Hall–Kier alpha value is -1.40. The van der Waals surface area contributed by atoms with Crippen LogP contribution in [0.5, 0.6) is 0 Å². The first kappa shape index (κ1) is 16.0. The number of alkyl halides is 3. The van der Waals surface area contributed by atoms with E-state index >= 15 is 0 Å². The molecule has 2 aromatic rings. The van der Waals surface area contributed by atoms with E-state index in [4.69, 9.17) is 0 Å². The second-order valence-electron chi connectivity index (χ2n) is 4.74. The molecule has 1 atom stereocenters. The summed E-state index contributed by atoms with van der Waals surface area (Å²) < 4.78 is 52.2. The Morgan fingerprint density at radius 2 is 1.62 bits per heavy atom. The first-order chi connectivity index (χ1) is 9.64. The first-order valence-electron chi connectivity index (χ1n) is 5.98. The van der Waals surface area contributed by atoms with E-state index in [-0.39, 0.29) is 5.56 Å². The van der Waals surface area contributed by atoms with E-state index in [1.807, 2.05) is 0 Å². The minimum atomic E-state index is -4.82. The lowest BCUT2D eigenvalue weighted by atomic mass is 9.87. The zero-order valence-electron chi connectivity index (χ0n) is 10.9. The van der Waals surface area contributed by atoms with Crippen LogP contribution in [0.25, 0.3) is 0 Å². The van der Waals surface area contributed by atoms with Gasteiger partial charge >= 0.3 is 6.18 Å². The van der Waals surface area contributed by atoms with Gasteiger partial charge in [-0.3, -0.25) is 0 Å². The molecule has 0 aromatic heterocycles. The van der Waals surface area contributed by atoms with Crippen molar-refractivity contribution in [3.63, 3.8) is 0 Å². The average Bonchev–Trinajstić information content (AvgIpc) is 2.37. The second-order valence-corrected chi connectivity index (χ2v) is 5.60. The summed E-state index contributed by atoms with van der Waals surface area (Å²) in [6.07, 6.45) is -4.82. The van der Waals surface area contributed by atoms with E-state index in [1.54, 1.807) is 24.3 Å². The molecular weight excluding hydrogens is 352 g/mol. The van der Waals surface area contributed by atoms with E-state index < -0.39 is 23.2 Å². The van der Waals surface area contributed by atoms with Crippen LogP contribution in [0.1, 0.15) is 23.6 Å². The summed E-state index contributed by atoms with van der Waals surface area (Å²) in [5.74, 6) is -1.37. The smallest absolute Gasteiger partial charge is 0.381 e. The quantitative estimate of drug-likeness (QED) is 0.756. The van der Waals surface area contributed by atoms with Gasteiger partial charge in [-0.2, -0.15) is 13.2 Å². The van der Waals surface area contributed by atoms with Gasteiger partial charge in [0.05, 0.1) is 5.56 Å². The van der Waals surface area contributed by atoms with Gasteiger partial charge in [0.25, 0.3) is 0 Å². The third-order valence-electron chi connectivity index (χ3n) is 3.23. The molecule has 112 valence electrons. The van der Waals surface area contributed by atoms with E-state index in [0.717, 1.165) is 6.07 Å². The van der Waals surface area contributed by atoms with Gasteiger partial charge < -0.3 is 5.11 Å². The van der Waals surface area contributed by atoms with Crippen LogP contribution in [0.3, 0.4) is 0 Å². The van der Waals surface area contributed by atoms with Gasteiger partial charge in [0.2, 0.25) is 0 Å². The van der Waals surface area contributed by atoms with Crippen LogP contribution in [-0.4, -0.2) is 5.11 Å². The third-order valence-corrected chi connectivity index (χ3v) is 3.92. The van der Waals surface area contributed by atoms with Crippen LogP contribution in [0, 0.1) is 5.82 Å². The Kier molecular flexibility index (Phi) is 4.13. The lowest BCUT2D eigenvalue weighted by Crippen LogP contribution is -2.24. The van der Waals surface area contributed by atoms with Crippen molar-refractivity contribution < 1.29 is 22.7 Å². The molecule has 1 unspecified atom stereocenters. The van der Waals surface area contributed by atoms with Crippen molar-refractivity contribution in [3.05, 3.63) is 69.4 Å². The first-order valence-corrected chi connectivity index (χ1v) is 6.78. The maximum absolute atomic E-state index is 13.3. The van der Waals surface area contributed by atoms with Crippen LogP contribution in [-0.2, 0) is 11.8 Å². The average molecular weight is 363 g/mol. The lowest BCUT2D eigenvalue weighted by molar-refractivity contribution is -0.140. The fraction of sp³-hybridized carbons (Fsp3) is 0.200. The zero-order chi connectivity index (χ0) is 15.8. The summed E-state index contributed by atoms with van der Waals surface area (Å²) in [7, 11) is 0. The molecule has 0 spiro atoms. The van der Waals surface area contributed by atoms with Crippen molar-refractivity contribution in [3.8, 4) is 0 Å². The highest BCUT2D eigenvalue weighted by atomic mass is 79.9. The predicted octanol–water partition coefficient (Wildman–Crippen LogP) is 4.86. The highest BCUT2D eigenvalue weighted by Gasteiger charge is 2.36. The number of halogens is 5. The Labute approximate surface area is 127 Å². The fourth-order valence-corrected chi connectivity index (χ4v) is 2.73. The molecule has 2 rings (SSSR count). The standard InChI is InChI=1S/C15H11BrF4O/c1-14(21,10-4-2-3-5-12(10)16)9-6-7-13(17)11(8-9)15(18,19)20/h2-8,21H,1H3. The van der Waals surface area contributed by atoms with Crippen LogP contribution < -0.4 is 0 Å². The number of benzene rings is 2. The van der Waals surface area contributed by atoms with Gasteiger partial charge in [-0.05, 0) is 30.7 Å². The van der Waals surface area contributed by atoms with Crippen LogP contribution in [0.2, 0.25) is 0 Å². The van der Waals surface area contributed by atoms with Crippen molar-refractivity contribution in [1.29, 1.82) is 0 Å². The lowest BCUT2D eigenvalue weighted by Gasteiger charge is -2.26. The molecule has 0 aliphatic carbocycles. The van der Waals surface area contributed by atoms with Gasteiger partial charge in [-0.15, -0.1) is 0 Å². The molecule has 0 aliphatic heterocycles. The molecule has 2 aromatic carbocycles. The van der Waals surface area contributed by atoms with Crippen molar-refractivity contribution in [1.82, 2.24) is 0 Å². The maximum Gasteiger partial charge on any atom is 0.419 e. The molecule has 1 nitrogen and oxygen atoms in total. The highest BCUT2D eigenvalue weighted by molar-refractivity contribution is 9.10. The topological polar surface area (TPSA) is 20.2 Å². The molecule has 6 heteroatoms. The summed E-state index contributed by atoms with van der Waals surface area (Å²) in [4.78, 5) is 0. The number of hydrogen-bond donors (Lipinski definition) is 1. The Morgan fingerprint density at radius 3 is 2.19 bits per heavy atom. The van der Waals surface area contributed by atoms with Gasteiger partial charge in [0, 0.05) is 10.0 Å². The van der Waals surface area contributed by atoms with Gasteiger partial charge in [-0.25, -0.2) is 4.39 Å². The van der Waals surface area contributed by atoms with Crippen molar-refractivity contribution in [2.24, 2.45) is 0 Å². The molecule has 0 saturated heterocycles. The Bertz CT molecular complexity index is 665. The van der Waals surface area contributed by atoms with E-state index in [0.29, 0.717) is 22.2 Å². The fourth-order valence-electron chi connectivity index (χ4n) is 2.06. The molecular formula is C15H11BrF4O. The number of aliphatic hydroxyl groups is 1.